The van der Waals surface area contributed by atoms with E-state index >= 15 is 0 Å². The van der Waals surface area contributed by atoms with Gasteiger partial charge in [0.05, 0.1) is 11.1 Å². The van der Waals surface area contributed by atoms with Crippen LogP contribution in [0.3, 0.4) is 0 Å². The highest BCUT2D eigenvalue weighted by Gasteiger charge is 2.35. The summed E-state index contributed by atoms with van der Waals surface area (Å²) in [6.45, 7) is 1.36. The Kier molecular flexibility index (Phi) is 7.27. The van der Waals surface area contributed by atoms with Gasteiger partial charge in [-0.1, -0.05) is 0 Å². The van der Waals surface area contributed by atoms with Crippen molar-refractivity contribution in [3.05, 3.63) is 77.7 Å². The van der Waals surface area contributed by atoms with E-state index in [-0.39, 0.29) is 29.6 Å². The maximum atomic E-state index is 13.5. The first kappa shape index (κ1) is 23.5. The Morgan fingerprint density at radius 3 is 2.71 bits per heavy atom. The molecule has 7 nitrogen and oxygen atoms in total. The molecule has 4 rings (SSSR count). The van der Waals surface area contributed by atoms with E-state index in [9.17, 15) is 18.0 Å². The van der Waals surface area contributed by atoms with E-state index in [0.29, 0.717) is 12.4 Å². The Hall–Kier alpha value is -3.66. The second-order valence-corrected chi connectivity index (χ2v) is 7.88. The van der Waals surface area contributed by atoms with E-state index in [1.165, 1.54) is 12.1 Å². The molecule has 3 aromatic rings. The Labute approximate surface area is 194 Å². The van der Waals surface area contributed by atoms with E-state index in [2.05, 4.69) is 25.9 Å². The number of amides is 1. The highest BCUT2D eigenvalue weighted by Crippen LogP contribution is 2.38. The third-order valence-corrected chi connectivity index (χ3v) is 5.41. The van der Waals surface area contributed by atoms with Crippen LogP contribution in [0.25, 0.3) is 0 Å². The summed E-state index contributed by atoms with van der Waals surface area (Å²) in [4.78, 5) is 21.1. The SMILES string of the molecule is O=C(Nc1ccc(C(F)(F)F)c(OCC2CCCN2)c1)c1cccnc1NCc1ccncc1. The van der Waals surface area contributed by atoms with Gasteiger partial charge in [-0.05, 0) is 61.3 Å². The molecule has 3 heterocycles. The largest absolute Gasteiger partial charge is 0.491 e. The van der Waals surface area contributed by atoms with Crippen LogP contribution >= 0.6 is 0 Å². The smallest absolute Gasteiger partial charge is 0.419 e. The number of anilines is 2. The van der Waals surface area contributed by atoms with Crippen LogP contribution in [-0.2, 0) is 12.7 Å². The van der Waals surface area contributed by atoms with Gasteiger partial charge in [0, 0.05) is 42.9 Å². The number of nitrogens with zero attached hydrogens (tertiary/aromatic N) is 2. The molecule has 10 heteroatoms. The minimum Gasteiger partial charge on any atom is -0.491 e. The first-order valence-electron chi connectivity index (χ1n) is 10.9. The van der Waals surface area contributed by atoms with Crippen molar-refractivity contribution < 1.29 is 22.7 Å². The van der Waals surface area contributed by atoms with Gasteiger partial charge in [0.2, 0.25) is 0 Å². The third-order valence-electron chi connectivity index (χ3n) is 5.41. The molecule has 0 radical (unpaired) electrons. The van der Waals surface area contributed by atoms with Crippen molar-refractivity contribution in [2.75, 3.05) is 23.8 Å². The lowest BCUT2D eigenvalue weighted by atomic mass is 10.1. The second kappa shape index (κ2) is 10.5. The molecule has 0 spiro atoms. The molecule has 1 amide bonds. The predicted molar refractivity (Wildman–Crippen MR) is 122 cm³/mol. The minimum absolute atomic E-state index is 0.00347. The van der Waals surface area contributed by atoms with Gasteiger partial charge < -0.3 is 20.7 Å². The van der Waals surface area contributed by atoms with Crippen LogP contribution in [0.4, 0.5) is 24.7 Å². The van der Waals surface area contributed by atoms with Gasteiger partial charge in [0.25, 0.3) is 5.91 Å². The minimum atomic E-state index is -4.58. The normalized spacial score (nSPS) is 15.7. The summed E-state index contributed by atoms with van der Waals surface area (Å²) in [5.74, 6) is -0.470. The molecule has 1 aliphatic heterocycles. The number of hydrogen-bond acceptors (Lipinski definition) is 6. The van der Waals surface area contributed by atoms with Crippen molar-refractivity contribution >= 4 is 17.4 Å². The predicted octanol–water partition coefficient (Wildman–Crippen LogP) is 4.49. The van der Waals surface area contributed by atoms with Gasteiger partial charge in [0.1, 0.15) is 18.2 Å². The summed E-state index contributed by atoms with van der Waals surface area (Å²) in [6, 6.07) is 10.2. The molecule has 34 heavy (non-hydrogen) atoms. The molecule has 0 aliphatic carbocycles. The van der Waals surface area contributed by atoms with E-state index in [0.717, 1.165) is 31.0 Å². The summed E-state index contributed by atoms with van der Waals surface area (Å²) < 4.78 is 46.0. The van der Waals surface area contributed by atoms with Crippen LogP contribution in [0.2, 0.25) is 0 Å². The molecule has 1 aliphatic rings. The first-order valence-corrected chi connectivity index (χ1v) is 10.9. The van der Waals surface area contributed by atoms with Crippen LogP contribution in [0.1, 0.15) is 34.3 Å². The molecule has 1 fully saturated rings. The highest BCUT2D eigenvalue weighted by molar-refractivity contribution is 6.07. The zero-order valence-corrected chi connectivity index (χ0v) is 18.2. The molecule has 0 saturated carbocycles. The van der Waals surface area contributed by atoms with Crippen molar-refractivity contribution in [3.8, 4) is 5.75 Å². The van der Waals surface area contributed by atoms with Crippen LogP contribution in [0.5, 0.6) is 5.75 Å². The summed E-state index contributed by atoms with van der Waals surface area (Å²) >= 11 is 0. The number of carbonyl (C=O) groups excluding carboxylic acids is 1. The number of benzene rings is 1. The number of alkyl halides is 3. The molecule has 1 aromatic carbocycles. The first-order chi connectivity index (χ1) is 16.4. The van der Waals surface area contributed by atoms with Gasteiger partial charge in [-0.15, -0.1) is 0 Å². The fourth-order valence-electron chi connectivity index (χ4n) is 3.66. The molecule has 1 saturated heterocycles. The quantitative estimate of drug-likeness (QED) is 0.449. The zero-order chi connectivity index (χ0) is 24.0. The number of aromatic nitrogens is 2. The van der Waals surface area contributed by atoms with E-state index in [1.54, 1.807) is 30.7 Å². The Morgan fingerprint density at radius 2 is 1.97 bits per heavy atom. The lowest BCUT2D eigenvalue weighted by Crippen LogP contribution is -2.28. The number of pyridine rings is 2. The Morgan fingerprint density at radius 1 is 1.15 bits per heavy atom. The van der Waals surface area contributed by atoms with Crippen molar-refractivity contribution in [1.82, 2.24) is 15.3 Å². The van der Waals surface area contributed by atoms with Crippen molar-refractivity contribution in [3.63, 3.8) is 0 Å². The zero-order valence-electron chi connectivity index (χ0n) is 18.2. The van der Waals surface area contributed by atoms with Gasteiger partial charge in [0.15, 0.2) is 0 Å². The fourth-order valence-corrected chi connectivity index (χ4v) is 3.66. The van der Waals surface area contributed by atoms with Crippen LogP contribution in [-0.4, -0.2) is 35.1 Å². The number of carbonyl (C=O) groups is 1. The average molecular weight is 471 g/mol. The van der Waals surface area contributed by atoms with E-state index in [1.807, 2.05) is 12.1 Å². The highest BCUT2D eigenvalue weighted by atomic mass is 19.4. The maximum Gasteiger partial charge on any atom is 0.419 e. The molecule has 178 valence electrons. The summed E-state index contributed by atoms with van der Waals surface area (Å²) in [5.41, 5.74) is 0.517. The lowest BCUT2D eigenvalue weighted by molar-refractivity contribution is -0.139. The molecule has 1 atom stereocenters. The topological polar surface area (TPSA) is 88.2 Å². The van der Waals surface area contributed by atoms with Gasteiger partial charge >= 0.3 is 6.18 Å². The summed E-state index contributed by atoms with van der Waals surface area (Å²) in [5, 5.41) is 8.95. The van der Waals surface area contributed by atoms with E-state index in [4.69, 9.17) is 4.74 Å². The number of ether oxygens (including phenoxy) is 1. The maximum absolute atomic E-state index is 13.5. The van der Waals surface area contributed by atoms with Gasteiger partial charge in [-0.25, -0.2) is 4.98 Å². The molecular weight excluding hydrogens is 447 g/mol. The Balaban J connectivity index is 1.49. The third kappa shape index (κ3) is 6.02. The number of rotatable bonds is 8. The van der Waals surface area contributed by atoms with Crippen LogP contribution in [0.15, 0.2) is 61.1 Å². The monoisotopic (exact) mass is 471 g/mol. The van der Waals surface area contributed by atoms with Crippen molar-refractivity contribution in [2.24, 2.45) is 0 Å². The van der Waals surface area contributed by atoms with Gasteiger partial charge in [-0.3, -0.25) is 9.78 Å². The standard InChI is InChI=1S/C24H24F3N5O2/c25-24(26,27)20-6-5-17(13-21(20)34-15-18-3-1-9-29-18)32-23(33)19-4-2-10-30-22(19)31-14-16-7-11-28-12-8-16/h2,4-8,10-13,18,29H,1,3,9,14-15H2,(H,30,31)(H,32,33). The Bertz CT molecular complexity index is 1120. The molecule has 0 bridgehead atoms. The molecule has 2 aromatic heterocycles. The lowest BCUT2D eigenvalue weighted by Gasteiger charge is -2.18. The fraction of sp³-hybridized carbons (Fsp3) is 0.292. The van der Waals surface area contributed by atoms with Crippen LogP contribution in [0, 0.1) is 0 Å². The molecule has 3 N–H and O–H groups in total. The number of halogens is 3. The number of nitrogens with one attached hydrogen (secondary N) is 3. The van der Waals surface area contributed by atoms with Crippen molar-refractivity contribution in [2.45, 2.75) is 31.6 Å². The summed E-state index contributed by atoms with van der Waals surface area (Å²) in [6.07, 6.45) is 2.10. The van der Waals surface area contributed by atoms with Gasteiger partial charge in [-0.2, -0.15) is 13.2 Å². The number of hydrogen-bond donors (Lipinski definition) is 3. The summed E-state index contributed by atoms with van der Waals surface area (Å²) in [7, 11) is 0. The van der Waals surface area contributed by atoms with Crippen molar-refractivity contribution in [1.29, 1.82) is 0 Å². The average Bonchev–Trinajstić information content (AvgIpc) is 3.35. The van der Waals surface area contributed by atoms with Crippen LogP contribution < -0.4 is 20.7 Å². The second-order valence-electron chi connectivity index (χ2n) is 7.88. The molecule has 1 unspecified atom stereocenters. The molecular formula is C24H24F3N5O2. The van der Waals surface area contributed by atoms with E-state index < -0.39 is 17.6 Å².